The fourth-order valence-electron chi connectivity index (χ4n) is 3.39. The number of hydrogen-bond acceptors (Lipinski definition) is 2. The van der Waals surface area contributed by atoms with Crippen LogP contribution in [0.1, 0.15) is 45.2 Å². The van der Waals surface area contributed by atoms with Crippen molar-refractivity contribution in [2.75, 3.05) is 6.54 Å². The van der Waals surface area contributed by atoms with E-state index in [9.17, 15) is 27.9 Å². The lowest BCUT2D eigenvalue weighted by Gasteiger charge is -2.14. The summed E-state index contributed by atoms with van der Waals surface area (Å²) in [7, 11) is 0. The van der Waals surface area contributed by atoms with E-state index in [-0.39, 0.29) is 12.1 Å². The maximum Gasteiger partial charge on any atom is 0.389 e. The van der Waals surface area contributed by atoms with Gasteiger partial charge in [-0.1, -0.05) is 25.1 Å². The fraction of sp³-hybridized carbons (Fsp3) is 0.273. The van der Waals surface area contributed by atoms with Gasteiger partial charge in [0.2, 0.25) is 0 Å². The van der Waals surface area contributed by atoms with Crippen molar-refractivity contribution in [1.29, 1.82) is 0 Å². The third kappa shape index (κ3) is 5.20. The van der Waals surface area contributed by atoms with Crippen LogP contribution in [-0.2, 0) is 6.42 Å². The molecule has 1 amide bonds. The number of H-pyrrole nitrogens is 1. The Bertz CT molecular complexity index is 1070. The Labute approximate surface area is 170 Å². The van der Waals surface area contributed by atoms with E-state index in [0.717, 1.165) is 16.5 Å². The smallest absolute Gasteiger partial charge is 0.389 e. The van der Waals surface area contributed by atoms with E-state index in [0.29, 0.717) is 17.5 Å². The van der Waals surface area contributed by atoms with E-state index in [1.54, 1.807) is 42.6 Å². The van der Waals surface area contributed by atoms with Crippen molar-refractivity contribution in [3.8, 4) is 0 Å². The second-order valence-electron chi connectivity index (χ2n) is 7.35. The molecule has 3 rings (SSSR count). The van der Waals surface area contributed by atoms with E-state index in [2.05, 4.69) is 10.3 Å². The highest BCUT2D eigenvalue weighted by Crippen LogP contribution is 2.25. The summed E-state index contributed by atoms with van der Waals surface area (Å²) in [6.07, 6.45) is -3.11. The summed E-state index contributed by atoms with van der Waals surface area (Å²) in [5.74, 6) is -2.20. The van der Waals surface area contributed by atoms with Gasteiger partial charge >= 0.3 is 12.1 Å². The molecule has 0 saturated carbocycles. The van der Waals surface area contributed by atoms with Crippen LogP contribution in [0.2, 0.25) is 0 Å². The lowest BCUT2D eigenvalue weighted by atomic mass is 9.98. The largest absolute Gasteiger partial charge is 0.478 e. The van der Waals surface area contributed by atoms with Crippen LogP contribution in [0.3, 0.4) is 0 Å². The number of carbonyl (C=O) groups excluding carboxylic acids is 1. The molecule has 0 bridgehead atoms. The number of nitrogens with one attached hydrogen (secondary N) is 2. The molecule has 0 radical (unpaired) electrons. The summed E-state index contributed by atoms with van der Waals surface area (Å²) in [4.78, 5) is 26.9. The number of rotatable bonds is 7. The second kappa shape index (κ2) is 8.61. The zero-order valence-corrected chi connectivity index (χ0v) is 16.2. The first-order valence-corrected chi connectivity index (χ1v) is 9.40. The van der Waals surface area contributed by atoms with Gasteiger partial charge in [-0.2, -0.15) is 13.2 Å². The molecule has 8 heteroatoms. The first-order chi connectivity index (χ1) is 14.1. The minimum atomic E-state index is -4.27. The number of carboxylic acid groups (broad SMARTS) is 1. The Balaban J connectivity index is 1.78. The third-order valence-electron chi connectivity index (χ3n) is 4.85. The van der Waals surface area contributed by atoms with Crippen molar-refractivity contribution < 1.29 is 27.9 Å². The number of carboxylic acids is 1. The third-order valence-corrected chi connectivity index (χ3v) is 4.85. The van der Waals surface area contributed by atoms with E-state index in [4.69, 9.17) is 0 Å². The van der Waals surface area contributed by atoms with Crippen molar-refractivity contribution in [2.24, 2.45) is 5.92 Å². The molecule has 1 heterocycles. The van der Waals surface area contributed by atoms with Crippen LogP contribution in [0.15, 0.2) is 48.7 Å². The van der Waals surface area contributed by atoms with E-state index >= 15 is 0 Å². The molecule has 0 spiro atoms. The molecule has 3 N–H and O–H groups in total. The Morgan fingerprint density at radius 2 is 1.87 bits per heavy atom. The summed E-state index contributed by atoms with van der Waals surface area (Å²) in [5.41, 5.74) is 2.77. The van der Waals surface area contributed by atoms with Gasteiger partial charge in [-0.3, -0.25) is 4.79 Å². The number of aromatic carboxylic acids is 1. The molecule has 158 valence electrons. The van der Waals surface area contributed by atoms with Gasteiger partial charge < -0.3 is 15.4 Å². The minimum Gasteiger partial charge on any atom is -0.478 e. The molecule has 1 atom stereocenters. The quantitative estimate of drug-likeness (QED) is 0.517. The number of amides is 1. The lowest BCUT2D eigenvalue weighted by Crippen LogP contribution is -2.30. The minimum absolute atomic E-state index is 0.0810. The van der Waals surface area contributed by atoms with Crippen LogP contribution in [0.25, 0.3) is 10.9 Å². The molecule has 0 fully saturated rings. The Morgan fingerprint density at radius 3 is 2.57 bits per heavy atom. The molecule has 5 nitrogen and oxygen atoms in total. The SMILES string of the molecule is CC(CNC(=O)c1ccc2[nH]cc(Cc3ccccc3C(=O)O)c2c1)CC(F)(F)F. The Morgan fingerprint density at radius 1 is 1.13 bits per heavy atom. The number of fused-ring (bicyclic) bond motifs is 1. The lowest BCUT2D eigenvalue weighted by molar-refractivity contribution is -0.142. The second-order valence-corrected chi connectivity index (χ2v) is 7.35. The molecule has 30 heavy (non-hydrogen) atoms. The van der Waals surface area contributed by atoms with Gasteiger partial charge in [0, 0.05) is 42.0 Å². The van der Waals surface area contributed by atoms with Gasteiger partial charge in [-0.25, -0.2) is 4.79 Å². The summed E-state index contributed by atoms with van der Waals surface area (Å²) >= 11 is 0. The van der Waals surface area contributed by atoms with Crippen molar-refractivity contribution in [3.05, 3.63) is 70.9 Å². The monoisotopic (exact) mass is 418 g/mol. The van der Waals surface area contributed by atoms with Gasteiger partial charge in [0.1, 0.15) is 0 Å². The number of aromatic nitrogens is 1. The molecule has 2 aromatic carbocycles. The maximum atomic E-state index is 12.4. The zero-order chi connectivity index (χ0) is 21.9. The van der Waals surface area contributed by atoms with Gasteiger partial charge in [0.05, 0.1) is 5.56 Å². The number of halogens is 3. The number of carbonyl (C=O) groups is 2. The zero-order valence-electron chi connectivity index (χ0n) is 16.2. The molecular formula is C22H21F3N2O3. The van der Waals surface area contributed by atoms with Crippen LogP contribution < -0.4 is 5.32 Å². The highest BCUT2D eigenvalue weighted by molar-refractivity contribution is 5.99. The van der Waals surface area contributed by atoms with Gasteiger partial charge in [0.25, 0.3) is 5.91 Å². The average Bonchev–Trinajstić information content (AvgIpc) is 3.07. The summed E-state index contributed by atoms with van der Waals surface area (Å²) < 4.78 is 37.3. The van der Waals surface area contributed by atoms with Crippen LogP contribution in [0, 0.1) is 5.92 Å². The van der Waals surface area contributed by atoms with Crippen molar-refractivity contribution in [3.63, 3.8) is 0 Å². The number of hydrogen-bond donors (Lipinski definition) is 3. The predicted molar refractivity (Wildman–Crippen MR) is 107 cm³/mol. The van der Waals surface area contributed by atoms with Gasteiger partial charge in [-0.05, 0) is 41.3 Å². The average molecular weight is 418 g/mol. The molecule has 0 aliphatic rings. The van der Waals surface area contributed by atoms with Crippen molar-refractivity contribution in [1.82, 2.24) is 10.3 Å². The molecule has 3 aromatic rings. The van der Waals surface area contributed by atoms with E-state index in [1.807, 2.05) is 0 Å². The van der Waals surface area contributed by atoms with Crippen LogP contribution in [0.4, 0.5) is 13.2 Å². The summed E-state index contributed by atoms with van der Waals surface area (Å²) in [6.45, 7) is 1.35. The van der Waals surface area contributed by atoms with Gasteiger partial charge in [-0.15, -0.1) is 0 Å². The normalized spacial score (nSPS) is 12.7. The van der Waals surface area contributed by atoms with Crippen molar-refractivity contribution in [2.45, 2.75) is 25.9 Å². The molecule has 0 saturated heterocycles. The number of aromatic amines is 1. The van der Waals surface area contributed by atoms with E-state index in [1.165, 1.54) is 13.0 Å². The first-order valence-electron chi connectivity index (χ1n) is 9.40. The predicted octanol–water partition coefficient (Wildman–Crippen LogP) is 4.78. The Hall–Kier alpha value is -3.29. The summed E-state index contributed by atoms with van der Waals surface area (Å²) in [5, 5.41) is 12.7. The van der Waals surface area contributed by atoms with Crippen LogP contribution in [-0.4, -0.2) is 34.7 Å². The highest BCUT2D eigenvalue weighted by Gasteiger charge is 2.30. The summed E-state index contributed by atoms with van der Waals surface area (Å²) in [6, 6.07) is 11.7. The number of benzene rings is 2. The molecule has 1 unspecified atom stereocenters. The standard InChI is InChI=1S/C22H21F3N2O3/c1-13(10-22(23,24)25)11-27-20(28)15-6-7-19-18(9-15)16(12-26-19)8-14-4-2-3-5-17(14)21(29)30/h2-7,9,12-13,26H,8,10-11H2,1H3,(H,27,28)(H,29,30). The Kier molecular flexibility index (Phi) is 6.14. The van der Waals surface area contributed by atoms with Crippen molar-refractivity contribution >= 4 is 22.8 Å². The first kappa shape index (κ1) is 21.4. The highest BCUT2D eigenvalue weighted by atomic mass is 19.4. The van der Waals surface area contributed by atoms with Crippen LogP contribution in [0.5, 0.6) is 0 Å². The molecule has 1 aromatic heterocycles. The maximum absolute atomic E-state index is 12.4. The molecule has 0 aliphatic carbocycles. The topological polar surface area (TPSA) is 82.2 Å². The number of alkyl halides is 3. The fourth-order valence-corrected chi connectivity index (χ4v) is 3.39. The van der Waals surface area contributed by atoms with Crippen LogP contribution >= 0.6 is 0 Å². The van der Waals surface area contributed by atoms with E-state index < -0.39 is 30.4 Å². The molecular weight excluding hydrogens is 397 g/mol. The molecule has 0 aliphatic heterocycles. The van der Waals surface area contributed by atoms with Gasteiger partial charge in [0.15, 0.2) is 0 Å².